The summed E-state index contributed by atoms with van der Waals surface area (Å²) in [5.74, 6) is 0. The van der Waals surface area contributed by atoms with E-state index in [1.165, 1.54) is 5.56 Å². The Labute approximate surface area is 156 Å². The van der Waals surface area contributed by atoms with E-state index in [0.717, 1.165) is 40.5 Å². The predicted molar refractivity (Wildman–Crippen MR) is 110 cm³/mol. The van der Waals surface area contributed by atoms with Crippen LogP contribution in [0, 0.1) is 0 Å². The average Bonchev–Trinajstić information content (AvgIpc) is 3.08. The summed E-state index contributed by atoms with van der Waals surface area (Å²) in [5, 5.41) is 8.81. The first-order valence-electron chi connectivity index (χ1n) is 9.06. The van der Waals surface area contributed by atoms with E-state index in [2.05, 4.69) is 54.0 Å². The van der Waals surface area contributed by atoms with Crippen LogP contribution in [-0.4, -0.2) is 19.9 Å². The Hall–Kier alpha value is -2.88. The van der Waals surface area contributed by atoms with Crippen molar-refractivity contribution in [2.75, 3.05) is 0 Å². The van der Waals surface area contributed by atoms with Gasteiger partial charge in [-0.05, 0) is 25.5 Å². The molecule has 0 bridgehead atoms. The van der Waals surface area contributed by atoms with Gasteiger partial charge < -0.3 is 4.90 Å². The smallest absolute Gasteiger partial charge is 0.121 e. The molecule has 0 amide bonds. The normalized spacial score (nSPS) is 15.6. The van der Waals surface area contributed by atoms with Gasteiger partial charge in [0.05, 0.1) is 11.4 Å². The largest absolute Gasteiger partial charge is 0.341 e. The van der Waals surface area contributed by atoms with Crippen LogP contribution in [0.5, 0.6) is 0 Å². The lowest BCUT2D eigenvalue weighted by Gasteiger charge is -2.30. The van der Waals surface area contributed by atoms with Gasteiger partial charge in [-0.25, -0.2) is 4.68 Å². The molecule has 0 unspecified atom stereocenters. The van der Waals surface area contributed by atoms with E-state index in [1.807, 2.05) is 49.7 Å². The lowest BCUT2D eigenvalue weighted by Crippen LogP contribution is -2.22. The van der Waals surface area contributed by atoms with Crippen LogP contribution in [0.4, 0.5) is 0 Å². The summed E-state index contributed by atoms with van der Waals surface area (Å²) >= 11 is 0. The Morgan fingerprint density at radius 2 is 1.88 bits per heavy atom. The van der Waals surface area contributed by atoms with Crippen LogP contribution >= 0.6 is 0 Å². The van der Waals surface area contributed by atoms with Gasteiger partial charge in [0.25, 0.3) is 0 Å². The van der Waals surface area contributed by atoms with Gasteiger partial charge in [0.1, 0.15) is 5.69 Å². The summed E-state index contributed by atoms with van der Waals surface area (Å²) < 4.78 is 1.91. The summed E-state index contributed by atoms with van der Waals surface area (Å²) in [6, 6.07) is 8.30. The zero-order chi connectivity index (χ0) is 19.3. The van der Waals surface area contributed by atoms with Gasteiger partial charge in [-0.15, -0.1) is 5.10 Å². The zero-order valence-electron chi connectivity index (χ0n) is 16.3. The van der Waals surface area contributed by atoms with E-state index in [1.54, 1.807) is 0 Å². The maximum Gasteiger partial charge on any atom is 0.121 e. The summed E-state index contributed by atoms with van der Waals surface area (Å²) in [6.07, 6.45) is 3.71. The van der Waals surface area contributed by atoms with Crippen molar-refractivity contribution in [3.63, 3.8) is 0 Å². The first kappa shape index (κ1) is 19.4. The number of hydrogen-bond donors (Lipinski definition) is 0. The second kappa shape index (κ2) is 8.48. The SMILES string of the molecule is C=C/C1=C(\C=C)N(C(=C)C)Cc2ccccc2-c2nnn(CC)c21.CC. The second-order valence-electron chi connectivity index (χ2n) is 5.79. The van der Waals surface area contributed by atoms with E-state index in [9.17, 15) is 0 Å². The Balaban J connectivity index is 0.00000117. The lowest BCUT2D eigenvalue weighted by atomic mass is 9.95. The molecule has 0 aliphatic carbocycles. The maximum absolute atomic E-state index is 4.46. The summed E-state index contributed by atoms with van der Waals surface area (Å²) in [6.45, 7) is 21.7. The number of aromatic nitrogens is 3. The molecule has 1 aromatic heterocycles. The highest BCUT2D eigenvalue weighted by Crippen LogP contribution is 2.37. The fourth-order valence-corrected chi connectivity index (χ4v) is 3.16. The second-order valence-corrected chi connectivity index (χ2v) is 5.79. The van der Waals surface area contributed by atoms with Gasteiger partial charge in [0.15, 0.2) is 0 Å². The molecule has 26 heavy (non-hydrogen) atoms. The van der Waals surface area contributed by atoms with E-state index < -0.39 is 0 Å². The van der Waals surface area contributed by atoms with Crippen molar-refractivity contribution >= 4 is 5.57 Å². The third kappa shape index (κ3) is 3.27. The molecule has 4 heteroatoms. The topological polar surface area (TPSA) is 34.0 Å². The third-order valence-corrected chi connectivity index (χ3v) is 4.32. The molecule has 0 atom stereocenters. The summed E-state index contributed by atoms with van der Waals surface area (Å²) in [5.41, 5.74) is 7.06. The van der Waals surface area contributed by atoms with Crippen LogP contribution in [-0.2, 0) is 13.1 Å². The summed E-state index contributed by atoms with van der Waals surface area (Å²) in [4.78, 5) is 2.17. The van der Waals surface area contributed by atoms with Gasteiger partial charge >= 0.3 is 0 Å². The first-order chi connectivity index (χ1) is 12.6. The monoisotopic (exact) mass is 348 g/mol. The number of hydrogen-bond acceptors (Lipinski definition) is 3. The van der Waals surface area contributed by atoms with Crippen LogP contribution in [0.1, 0.15) is 39.0 Å². The number of nitrogens with zero attached hydrogens (tertiary/aromatic N) is 4. The molecule has 1 aromatic carbocycles. The molecule has 2 heterocycles. The molecular weight excluding hydrogens is 320 g/mol. The molecule has 4 nitrogen and oxygen atoms in total. The molecule has 0 spiro atoms. The van der Waals surface area contributed by atoms with Gasteiger partial charge in [0, 0.05) is 29.9 Å². The molecule has 2 aromatic rings. The molecule has 1 aliphatic heterocycles. The van der Waals surface area contributed by atoms with Gasteiger partial charge in [0.2, 0.25) is 0 Å². The molecule has 0 saturated heterocycles. The summed E-state index contributed by atoms with van der Waals surface area (Å²) in [7, 11) is 0. The lowest BCUT2D eigenvalue weighted by molar-refractivity contribution is 0.437. The van der Waals surface area contributed by atoms with Crippen LogP contribution in [0.2, 0.25) is 0 Å². The minimum absolute atomic E-state index is 0.711. The van der Waals surface area contributed by atoms with Crippen molar-refractivity contribution in [1.29, 1.82) is 0 Å². The van der Waals surface area contributed by atoms with Crippen LogP contribution < -0.4 is 0 Å². The van der Waals surface area contributed by atoms with Crippen molar-refractivity contribution in [3.8, 4) is 11.3 Å². The fraction of sp³-hybridized carbons (Fsp3) is 0.273. The average molecular weight is 348 g/mol. The number of rotatable bonds is 4. The van der Waals surface area contributed by atoms with Crippen molar-refractivity contribution in [2.24, 2.45) is 0 Å². The number of benzene rings is 1. The van der Waals surface area contributed by atoms with E-state index in [4.69, 9.17) is 0 Å². The number of fused-ring (bicyclic) bond motifs is 3. The minimum Gasteiger partial charge on any atom is -0.341 e. The van der Waals surface area contributed by atoms with Gasteiger partial charge in [-0.2, -0.15) is 0 Å². The molecule has 0 saturated carbocycles. The van der Waals surface area contributed by atoms with Crippen LogP contribution in [0.15, 0.2) is 67.5 Å². The molecule has 0 radical (unpaired) electrons. The zero-order valence-corrected chi connectivity index (χ0v) is 16.3. The standard InChI is InChI=1S/C20H22N4.C2H6/c1-6-16-18(7-2)23(14(4)5)13-15-11-9-10-12-17(15)19-20(16)24(8-3)22-21-19;1-2/h6-7,9-12H,1-2,4,8,13H2,3,5H3;1-2H3/b18-16-;. The van der Waals surface area contributed by atoms with Crippen molar-refractivity contribution in [2.45, 2.75) is 40.8 Å². The Bertz CT molecular complexity index is 855. The highest BCUT2D eigenvalue weighted by atomic mass is 15.4. The third-order valence-electron chi connectivity index (χ3n) is 4.32. The van der Waals surface area contributed by atoms with Crippen LogP contribution in [0.25, 0.3) is 16.8 Å². The van der Waals surface area contributed by atoms with E-state index >= 15 is 0 Å². The van der Waals surface area contributed by atoms with Crippen molar-refractivity contribution in [1.82, 2.24) is 19.9 Å². The number of allylic oxidation sites excluding steroid dienone is 4. The van der Waals surface area contributed by atoms with E-state index in [0.29, 0.717) is 6.54 Å². The molecular formula is C22H28N4. The highest BCUT2D eigenvalue weighted by molar-refractivity contribution is 5.85. The molecule has 0 fully saturated rings. The van der Waals surface area contributed by atoms with Crippen LogP contribution in [0.3, 0.4) is 0 Å². The highest BCUT2D eigenvalue weighted by Gasteiger charge is 2.26. The molecule has 0 N–H and O–H groups in total. The Morgan fingerprint density at radius 3 is 2.46 bits per heavy atom. The first-order valence-corrected chi connectivity index (χ1v) is 9.06. The number of aryl methyl sites for hydroxylation is 1. The van der Waals surface area contributed by atoms with Crippen molar-refractivity contribution in [3.05, 3.63) is 78.8 Å². The van der Waals surface area contributed by atoms with Gasteiger partial charge in [-0.3, -0.25) is 0 Å². The Morgan fingerprint density at radius 1 is 1.19 bits per heavy atom. The van der Waals surface area contributed by atoms with Gasteiger partial charge in [-0.1, -0.05) is 69.1 Å². The maximum atomic E-state index is 4.46. The fourth-order valence-electron chi connectivity index (χ4n) is 3.16. The molecule has 1 aliphatic rings. The molecule has 136 valence electrons. The van der Waals surface area contributed by atoms with Crippen molar-refractivity contribution < 1.29 is 0 Å². The van der Waals surface area contributed by atoms with E-state index in [-0.39, 0.29) is 0 Å². The molecule has 3 rings (SSSR count). The predicted octanol–water partition coefficient (Wildman–Crippen LogP) is 5.42. The Kier molecular flexibility index (Phi) is 6.34. The quantitative estimate of drug-likeness (QED) is 0.739. The minimum atomic E-state index is 0.711.